The number of anilines is 1. The fourth-order valence-electron chi connectivity index (χ4n) is 4.35. The van der Waals surface area contributed by atoms with Crippen LogP contribution in [0.4, 0.5) is 5.82 Å². The van der Waals surface area contributed by atoms with Gasteiger partial charge in [-0.3, -0.25) is 4.99 Å². The molecule has 2 aromatic rings. The summed E-state index contributed by atoms with van der Waals surface area (Å²) in [6.45, 7) is 5.35. The number of hydrogen-bond acceptors (Lipinski definition) is 4. The molecule has 2 N–H and O–H groups in total. The highest BCUT2D eigenvalue weighted by Gasteiger charge is 2.33. The zero-order valence-electron chi connectivity index (χ0n) is 19.4. The summed E-state index contributed by atoms with van der Waals surface area (Å²) in [7, 11) is 5.89. The van der Waals surface area contributed by atoms with Crippen LogP contribution >= 0.6 is 24.0 Å². The van der Waals surface area contributed by atoms with Crippen LogP contribution in [0.1, 0.15) is 44.6 Å². The Morgan fingerprint density at radius 3 is 2.61 bits per heavy atom. The van der Waals surface area contributed by atoms with Crippen LogP contribution in [-0.2, 0) is 11.3 Å². The highest BCUT2D eigenvalue weighted by Crippen LogP contribution is 2.40. The second-order valence-corrected chi connectivity index (χ2v) is 8.48. The SMILES string of the molecule is CCOCCC1(CNC(=NC)NCc2cc(N(C)C)nc3ccccc23)CCCC1.I. The summed E-state index contributed by atoms with van der Waals surface area (Å²) < 4.78 is 5.65. The number of pyridine rings is 1. The average molecular weight is 540 g/mol. The minimum atomic E-state index is 0. The van der Waals surface area contributed by atoms with Crippen molar-refractivity contribution >= 4 is 46.7 Å². The molecule has 0 amide bonds. The number of nitrogens with one attached hydrogen (secondary N) is 2. The lowest BCUT2D eigenvalue weighted by Crippen LogP contribution is -2.43. The van der Waals surface area contributed by atoms with E-state index in [-0.39, 0.29) is 24.0 Å². The number of benzene rings is 1. The maximum atomic E-state index is 5.65. The number of aliphatic imine (C=N–C) groups is 1. The molecular formula is C24H38IN5O. The third kappa shape index (κ3) is 6.94. The van der Waals surface area contributed by atoms with E-state index in [4.69, 9.17) is 9.72 Å². The number of nitrogens with zero attached hydrogens (tertiary/aromatic N) is 3. The molecule has 0 radical (unpaired) electrons. The van der Waals surface area contributed by atoms with Crippen molar-refractivity contribution in [3.8, 4) is 0 Å². The number of aromatic nitrogens is 1. The summed E-state index contributed by atoms with van der Waals surface area (Å²) in [5.74, 6) is 1.82. The maximum absolute atomic E-state index is 5.65. The standard InChI is InChI=1S/C24H37N5O.HI/c1-5-30-15-14-24(12-8-9-13-24)18-27-23(25-2)26-17-19-16-22(29(3)4)28-21-11-7-6-10-20(19)21;/h6-7,10-11,16H,5,8-9,12-15,17-18H2,1-4H3,(H2,25,26,27);1H. The van der Waals surface area contributed by atoms with Gasteiger partial charge in [-0.05, 0) is 49.3 Å². The molecule has 0 saturated heterocycles. The Kier molecular flexibility index (Phi) is 10.3. The third-order valence-electron chi connectivity index (χ3n) is 6.19. The monoisotopic (exact) mass is 539 g/mol. The van der Waals surface area contributed by atoms with E-state index in [1.54, 1.807) is 0 Å². The van der Waals surface area contributed by atoms with E-state index < -0.39 is 0 Å². The molecule has 6 nitrogen and oxygen atoms in total. The topological polar surface area (TPSA) is 61.8 Å². The highest BCUT2D eigenvalue weighted by atomic mass is 127. The van der Waals surface area contributed by atoms with Crippen LogP contribution in [-0.4, -0.2) is 51.8 Å². The van der Waals surface area contributed by atoms with E-state index in [9.17, 15) is 0 Å². The summed E-state index contributed by atoms with van der Waals surface area (Å²) in [6.07, 6.45) is 6.29. The van der Waals surface area contributed by atoms with Gasteiger partial charge in [0.05, 0.1) is 5.52 Å². The first-order valence-corrected chi connectivity index (χ1v) is 11.2. The lowest BCUT2D eigenvalue weighted by Gasteiger charge is -2.30. The van der Waals surface area contributed by atoms with Crippen molar-refractivity contribution in [2.45, 2.75) is 45.6 Å². The fraction of sp³-hybridized carbons (Fsp3) is 0.583. The molecule has 0 atom stereocenters. The Morgan fingerprint density at radius 1 is 1.19 bits per heavy atom. The number of para-hydroxylation sites is 1. The molecule has 1 heterocycles. The fourth-order valence-corrected chi connectivity index (χ4v) is 4.35. The minimum absolute atomic E-state index is 0. The van der Waals surface area contributed by atoms with Gasteiger partial charge >= 0.3 is 0 Å². The zero-order chi connectivity index (χ0) is 21.4. The summed E-state index contributed by atoms with van der Waals surface area (Å²) in [4.78, 5) is 11.3. The van der Waals surface area contributed by atoms with Gasteiger partial charge in [-0.15, -0.1) is 24.0 Å². The molecule has 1 aliphatic rings. The van der Waals surface area contributed by atoms with Crippen LogP contribution in [0.2, 0.25) is 0 Å². The average Bonchev–Trinajstić information content (AvgIpc) is 3.22. The smallest absolute Gasteiger partial charge is 0.191 e. The van der Waals surface area contributed by atoms with Gasteiger partial charge in [0.2, 0.25) is 0 Å². The molecule has 0 aliphatic heterocycles. The van der Waals surface area contributed by atoms with Gasteiger partial charge in [-0.25, -0.2) is 4.98 Å². The normalized spacial score (nSPS) is 15.5. The Bertz CT molecular complexity index is 849. The number of hydrogen-bond donors (Lipinski definition) is 2. The van der Waals surface area contributed by atoms with Gasteiger partial charge < -0.3 is 20.3 Å². The first kappa shape index (κ1) is 25.6. The molecule has 1 aliphatic carbocycles. The minimum Gasteiger partial charge on any atom is -0.382 e. The van der Waals surface area contributed by atoms with Crippen LogP contribution in [0.5, 0.6) is 0 Å². The Balaban J connectivity index is 0.00000341. The molecule has 31 heavy (non-hydrogen) atoms. The van der Waals surface area contributed by atoms with Crippen LogP contribution in [0.3, 0.4) is 0 Å². The number of halogens is 1. The summed E-state index contributed by atoms with van der Waals surface area (Å²) >= 11 is 0. The van der Waals surface area contributed by atoms with Gasteiger partial charge in [0, 0.05) is 52.8 Å². The third-order valence-corrected chi connectivity index (χ3v) is 6.19. The van der Waals surface area contributed by atoms with Crippen LogP contribution < -0.4 is 15.5 Å². The van der Waals surface area contributed by atoms with Gasteiger partial charge in [0.1, 0.15) is 5.82 Å². The predicted octanol–water partition coefficient (Wildman–Crippen LogP) is 4.57. The molecule has 7 heteroatoms. The van der Waals surface area contributed by atoms with Crippen LogP contribution in [0.15, 0.2) is 35.3 Å². The van der Waals surface area contributed by atoms with Gasteiger partial charge in [0.15, 0.2) is 5.96 Å². The summed E-state index contributed by atoms with van der Waals surface area (Å²) in [6, 6.07) is 10.5. The molecule has 3 rings (SSSR count). The van der Waals surface area contributed by atoms with Crippen molar-refractivity contribution in [3.05, 3.63) is 35.9 Å². The Morgan fingerprint density at radius 2 is 1.94 bits per heavy atom. The lowest BCUT2D eigenvalue weighted by atomic mass is 9.83. The number of fused-ring (bicyclic) bond motifs is 1. The van der Waals surface area contributed by atoms with Gasteiger partial charge in [-0.1, -0.05) is 31.0 Å². The van der Waals surface area contributed by atoms with Crippen LogP contribution in [0.25, 0.3) is 10.9 Å². The van der Waals surface area contributed by atoms with E-state index in [1.165, 1.54) is 36.6 Å². The first-order valence-electron chi connectivity index (χ1n) is 11.2. The predicted molar refractivity (Wildman–Crippen MR) is 142 cm³/mol. The van der Waals surface area contributed by atoms with Crippen molar-refractivity contribution in [2.24, 2.45) is 10.4 Å². The van der Waals surface area contributed by atoms with Crippen molar-refractivity contribution < 1.29 is 4.74 Å². The summed E-state index contributed by atoms with van der Waals surface area (Å²) in [5, 5.41) is 8.28. The van der Waals surface area contributed by atoms with Gasteiger partial charge in [0.25, 0.3) is 0 Å². The molecular weight excluding hydrogens is 501 g/mol. The van der Waals surface area contributed by atoms with Crippen molar-refractivity contribution in [2.75, 3.05) is 45.8 Å². The Hall–Kier alpha value is -1.61. The molecule has 1 saturated carbocycles. The van der Waals surface area contributed by atoms with E-state index in [1.807, 2.05) is 32.1 Å². The zero-order valence-corrected chi connectivity index (χ0v) is 21.7. The second kappa shape index (κ2) is 12.4. The quantitative estimate of drug-likeness (QED) is 0.212. The number of ether oxygens (including phenoxy) is 1. The van der Waals surface area contributed by atoms with Gasteiger partial charge in [-0.2, -0.15) is 0 Å². The molecule has 1 aromatic heterocycles. The molecule has 0 bridgehead atoms. The van der Waals surface area contributed by atoms with Crippen molar-refractivity contribution in [3.63, 3.8) is 0 Å². The second-order valence-electron chi connectivity index (χ2n) is 8.48. The van der Waals surface area contributed by atoms with Crippen LogP contribution in [0, 0.1) is 5.41 Å². The van der Waals surface area contributed by atoms with E-state index in [2.05, 4.69) is 46.8 Å². The molecule has 0 unspecified atom stereocenters. The summed E-state index contributed by atoms with van der Waals surface area (Å²) in [5.41, 5.74) is 2.57. The maximum Gasteiger partial charge on any atom is 0.191 e. The molecule has 0 spiro atoms. The highest BCUT2D eigenvalue weighted by molar-refractivity contribution is 14.0. The number of rotatable bonds is 9. The number of guanidine groups is 1. The molecule has 172 valence electrons. The molecule has 1 aromatic carbocycles. The van der Waals surface area contributed by atoms with Crippen molar-refractivity contribution in [1.29, 1.82) is 0 Å². The van der Waals surface area contributed by atoms with E-state index in [0.717, 1.165) is 43.5 Å². The lowest BCUT2D eigenvalue weighted by molar-refractivity contribution is 0.105. The van der Waals surface area contributed by atoms with Crippen molar-refractivity contribution in [1.82, 2.24) is 15.6 Å². The van der Waals surface area contributed by atoms with E-state index >= 15 is 0 Å². The molecule has 1 fully saturated rings. The largest absolute Gasteiger partial charge is 0.382 e. The Labute approximate surface area is 204 Å². The van der Waals surface area contributed by atoms with E-state index in [0.29, 0.717) is 12.0 Å². The first-order chi connectivity index (χ1) is 14.6.